The Morgan fingerprint density at radius 1 is 0.765 bits per heavy atom. The van der Waals surface area contributed by atoms with Gasteiger partial charge in [-0.3, -0.25) is 9.59 Å². The second-order valence-corrected chi connectivity index (χ2v) is 8.18. The van der Waals surface area contributed by atoms with Crippen molar-refractivity contribution in [2.45, 2.75) is 25.7 Å². The van der Waals surface area contributed by atoms with Crippen molar-refractivity contribution in [3.8, 4) is 11.5 Å². The molecule has 0 bridgehead atoms. The van der Waals surface area contributed by atoms with Crippen LogP contribution in [0.3, 0.4) is 0 Å². The van der Waals surface area contributed by atoms with E-state index in [-0.39, 0.29) is 18.7 Å². The molecule has 0 saturated heterocycles. The molecule has 1 amide bonds. The smallest absolute Gasteiger partial charge is 0.303 e. The molecule has 5 heteroatoms. The second kappa shape index (κ2) is 11.1. The van der Waals surface area contributed by atoms with E-state index in [1.165, 1.54) is 5.56 Å². The Kier molecular flexibility index (Phi) is 7.56. The number of aliphatic carboxylic acids is 1. The minimum atomic E-state index is -0.853. The van der Waals surface area contributed by atoms with Crippen molar-refractivity contribution in [2.24, 2.45) is 0 Å². The monoisotopic (exact) mass is 453 g/mol. The number of carboxylic acids is 1. The largest absolute Gasteiger partial charge is 0.481 e. The minimum Gasteiger partial charge on any atom is -0.481 e. The summed E-state index contributed by atoms with van der Waals surface area (Å²) in [6.45, 7) is 0.557. The van der Waals surface area contributed by atoms with Gasteiger partial charge >= 0.3 is 5.97 Å². The molecule has 5 nitrogen and oxygen atoms in total. The zero-order chi connectivity index (χ0) is 23.8. The summed E-state index contributed by atoms with van der Waals surface area (Å²) in [7, 11) is 0. The van der Waals surface area contributed by atoms with Crippen LogP contribution in [0, 0.1) is 0 Å². The van der Waals surface area contributed by atoms with Gasteiger partial charge in [0.25, 0.3) is 0 Å². The van der Waals surface area contributed by atoms with Crippen LogP contribution < -0.4 is 10.1 Å². The number of fused-ring (bicyclic) bond motifs is 1. The average Bonchev–Trinajstić information content (AvgIpc) is 2.84. The lowest BCUT2D eigenvalue weighted by Crippen LogP contribution is -2.27. The number of nitrogens with one attached hydrogen (secondary N) is 1. The van der Waals surface area contributed by atoms with Crippen LogP contribution in [0.15, 0.2) is 91.0 Å². The maximum absolute atomic E-state index is 12.8. The quantitative estimate of drug-likeness (QED) is 0.330. The first kappa shape index (κ1) is 23.1. The number of carbonyl (C=O) groups is 2. The summed E-state index contributed by atoms with van der Waals surface area (Å²) in [5, 5.41) is 13.9. The first-order valence-corrected chi connectivity index (χ1v) is 11.4. The first-order chi connectivity index (χ1) is 16.6. The van der Waals surface area contributed by atoms with Crippen molar-refractivity contribution < 1.29 is 19.4 Å². The third-order valence-electron chi connectivity index (χ3n) is 5.63. The van der Waals surface area contributed by atoms with Gasteiger partial charge in [-0.2, -0.15) is 0 Å². The molecule has 0 unspecified atom stereocenters. The van der Waals surface area contributed by atoms with Gasteiger partial charge in [-0.15, -0.1) is 0 Å². The standard InChI is InChI=1S/C29H27NO4/c31-28(30-17-16-21-8-3-1-4-9-21)20-23-18-22(14-15-29(32)33)19-26-25(23)12-7-13-27(26)34-24-10-5-2-6-11-24/h1-13,18-19H,14-17,20H2,(H,30,31)(H,32,33). The van der Waals surface area contributed by atoms with Crippen LogP contribution in [-0.4, -0.2) is 23.5 Å². The maximum atomic E-state index is 12.8. The molecular weight excluding hydrogens is 426 g/mol. The molecule has 4 rings (SSSR count). The predicted octanol–water partition coefficient (Wildman–Crippen LogP) is 5.55. The third-order valence-corrected chi connectivity index (χ3v) is 5.63. The number of benzene rings is 4. The molecule has 172 valence electrons. The number of carboxylic acid groups (broad SMARTS) is 1. The number of hydrogen-bond acceptors (Lipinski definition) is 3. The molecule has 0 atom stereocenters. The van der Waals surface area contributed by atoms with Crippen LogP contribution in [0.5, 0.6) is 11.5 Å². The lowest BCUT2D eigenvalue weighted by atomic mass is 9.96. The summed E-state index contributed by atoms with van der Waals surface area (Å²) in [5.74, 6) is 0.467. The van der Waals surface area contributed by atoms with E-state index in [2.05, 4.69) is 5.32 Å². The molecule has 4 aromatic rings. The maximum Gasteiger partial charge on any atom is 0.303 e. The number of aryl methyl sites for hydroxylation is 1. The fourth-order valence-corrected chi connectivity index (χ4v) is 3.97. The first-order valence-electron chi connectivity index (χ1n) is 11.4. The molecule has 0 saturated carbocycles. The van der Waals surface area contributed by atoms with Crippen molar-refractivity contribution in [1.29, 1.82) is 0 Å². The summed E-state index contributed by atoms with van der Waals surface area (Å²) in [6, 6.07) is 29.2. The molecule has 0 radical (unpaired) electrons. The van der Waals surface area contributed by atoms with Gasteiger partial charge in [0, 0.05) is 18.4 Å². The van der Waals surface area contributed by atoms with Crippen LogP contribution in [0.2, 0.25) is 0 Å². The molecule has 0 aromatic heterocycles. The van der Waals surface area contributed by atoms with E-state index in [0.29, 0.717) is 24.5 Å². The SMILES string of the molecule is O=C(O)CCc1cc(CC(=O)NCCc2ccccc2)c2cccc(Oc3ccccc3)c2c1. The molecule has 0 spiro atoms. The number of amides is 1. The van der Waals surface area contributed by atoms with Gasteiger partial charge in [-0.05, 0) is 59.2 Å². The summed E-state index contributed by atoms with van der Waals surface area (Å²) in [4.78, 5) is 23.9. The van der Waals surface area contributed by atoms with Crippen LogP contribution >= 0.6 is 0 Å². The highest BCUT2D eigenvalue weighted by Crippen LogP contribution is 2.33. The summed E-state index contributed by atoms with van der Waals surface area (Å²) in [5.41, 5.74) is 2.89. The highest BCUT2D eigenvalue weighted by molar-refractivity contribution is 5.94. The Morgan fingerprint density at radius 3 is 2.24 bits per heavy atom. The number of para-hydroxylation sites is 1. The van der Waals surface area contributed by atoms with Crippen molar-refractivity contribution in [1.82, 2.24) is 5.32 Å². The van der Waals surface area contributed by atoms with E-state index in [9.17, 15) is 9.59 Å². The van der Waals surface area contributed by atoms with Gasteiger partial charge in [0.15, 0.2) is 0 Å². The fraction of sp³-hybridized carbons (Fsp3) is 0.172. The normalized spacial score (nSPS) is 10.7. The molecule has 0 heterocycles. The Morgan fingerprint density at radius 2 is 1.50 bits per heavy atom. The number of hydrogen-bond donors (Lipinski definition) is 2. The molecule has 0 aliphatic heterocycles. The molecule has 0 aliphatic rings. The van der Waals surface area contributed by atoms with Crippen molar-refractivity contribution in [2.75, 3.05) is 6.54 Å². The third kappa shape index (κ3) is 6.23. The fourth-order valence-electron chi connectivity index (χ4n) is 3.97. The highest BCUT2D eigenvalue weighted by Gasteiger charge is 2.13. The number of rotatable bonds is 10. The Balaban J connectivity index is 1.58. The van der Waals surface area contributed by atoms with Crippen LogP contribution in [0.1, 0.15) is 23.1 Å². The summed E-state index contributed by atoms with van der Waals surface area (Å²) in [6.07, 6.45) is 1.38. The van der Waals surface area contributed by atoms with E-state index < -0.39 is 5.97 Å². The van der Waals surface area contributed by atoms with Crippen LogP contribution in [-0.2, 0) is 28.9 Å². The Hall–Kier alpha value is -4.12. The summed E-state index contributed by atoms with van der Waals surface area (Å²) >= 11 is 0. The van der Waals surface area contributed by atoms with Gasteiger partial charge in [0.1, 0.15) is 11.5 Å². The van der Waals surface area contributed by atoms with E-state index in [1.807, 2.05) is 91.0 Å². The van der Waals surface area contributed by atoms with Crippen molar-refractivity contribution >= 4 is 22.6 Å². The topological polar surface area (TPSA) is 75.6 Å². The van der Waals surface area contributed by atoms with E-state index in [4.69, 9.17) is 9.84 Å². The van der Waals surface area contributed by atoms with Crippen LogP contribution in [0.4, 0.5) is 0 Å². The zero-order valence-corrected chi connectivity index (χ0v) is 18.9. The number of carbonyl (C=O) groups excluding carboxylic acids is 1. The molecule has 0 aliphatic carbocycles. The number of ether oxygens (including phenoxy) is 1. The Labute approximate surface area is 199 Å². The zero-order valence-electron chi connectivity index (χ0n) is 18.9. The van der Waals surface area contributed by atoms with E-state index in [0.717, 1.165) is 28.3 Å². The molecular formula is C29H27NO4. The van der Waals surface area contributed by atoms with E-state index >= 15 is 0 Å². The molecule has 4 aromatic carbocycles. The van der Waals surface area contributed by atoms with Gasteiger partial charge in [0.05, 0.1) is 6.42 Å². The van der Waals surface area contributed by atoms with Gasteiger partial charge < -0.3 is 15.2 Å². The van der Waals surface area contributed by atoms with Crippen LogP contribution in [0.25, 0.3) is 10.8 Å². The minimum absolute atomic E-state index is 0.0237. The lowest BCUT2D eigenvalue weighted by Gasteiger charge is -2.14. The molecule has 2 N–H and O–H groups in total. The average molecular weight is 454 g/mol. The second-order valence-electron chi connectivity index (χ2n) is 8.18. The van der Waals surface area contributed by atoms with Gasteiger partial charge in [-0.1, -0.05) is 66.7 Å². The molecule has 0 fully saturated rings. The molecule has 34 heavy (non-hydrogen) atoms. The predicted molar refractivity (Wildman–Crippen MR) is 133 cm³/mol. The van der Waals surface area contributed by atoms with E-state index in [1.54, 1.807) is 0 Å². The van der Waals surface area contributed by atoms with Gasteiger partial charge in [-0.25, -0.2) is 0 Å². The van der Waals surface area contributed by atoms with Crippen molar-refractivity contribution in [3.05, 3.63) is 108 Å². The lowest BCUT2D eigenvalue weighted by molar-refractivity contribution is -0.137. The van der Waals surface area contributed by atoms with Crippen molar-refractivity contribution in [3.63, 3.8) is 0 Å². The summed E-state index contributed by atoms with van der Waals surface area (Å²) < 4.78 is 6.13. The van der Waals surface area contributed by atoms with Gasteiger partial charge in [0.2, 0.25) is 5.91 Å². The Bertz CT molecular complexity index is 1270. The highest BCUT2D eigenvalue weighted by atomic mass is 16.5.